The number of para-hydroxylation sites is 1. The van der Waals surface area contributed by atoms with Gasteiger partial charge < -0.3 is 14.7 Å². The summed E-state index contributed by atoms with van der Waals surface area (Å²) >= 11 is 7.97. The second kappa shape index (κ2) is 8.67. The van der Waals surface area contributed by atoms with Crippen LogP contribution in [0.15, 0.2) is 53.4 Å². The minimum atomic E-state index is -0.269. The van der Waals surface area contributed by atoms with E-state index in [0.29, 0.717) is 19.6 Å². The summed E-state index contributed by atoms with van der Waals surface area (Å²) in [5.41, 5.74) is 1.88. The quantitative estimate of drug-likeness (QED) is 0.694. The van der Waals surface area contributed by atoms with Gasteiger partial charge in [0, 0.05) is 49.7 Å². The van der Waals surface area contributed by atoms with E-state index >= 15 is 0 Å². The Morgan fingerprint density at radius 1 is 1.03 bits per heavy atom. The molecule has 0 saturated carbocycles. The Labute approximate surface area is 180 Å². The highest BCUT2D eigenvalue weighted by molar-refractivity contribution is 7.98. The van der Waals surface area contributed by atoms with Crippen LogP contribution in [-0.4, -0.2) is 55.7 Å². The maximum atomic E-state index is 13.0. The third-order valence-electron chi connectivity index (χ3n) is 5.64. The van der Waals surface area contributed by atoms with Crippen molar-refractivity contribution in [1.82, 2.24) is 4.90 Å². The fraction of sp³-hybridized carbons (Fsp3) is 0.364. The van der Waals surface area contributed by atoms with Crippen LogP contribution in [-0.2, 0) is 9.59 Å². The standard InChI is InChI=1S/C22H24ClN3O2S/c1-29-18-8-6-17(7-9-18)26-15-16(14-21(26)27)22(28)25-12-10-24(11-13-25)20-5-3-2-4-19(20)23/h2-9,16H,10-15H2,1H3/t16-/m1/s1. The lowest BCUT2D eigenvalue weighted by Gasteiger charge is -2.37. The number of benzene rings is 2. The highest BCUT2D eigenvalue weighted by atomic mass is 35.5. The molecule has 152 valence electrons. The number of halogens is 1. The molecule has 2 fully saturated rings. The maximum Gasteiger partial charge on any atom is 0.228 e. The van der Waals surface area contributed by atoms with Gasteiger partial charge in [-0.2, -0.15) is 0 Å². The van der Waals surface area contributed by atoms with Crippen LogP contribution in [0.2, 0.25) is 5.02 Å². The van der Waals surface area contributed by atoms with Gasteiger partial charge in [-0.05, 0) is 42.7 Å². The van der Waals surface area contributed by atoms with Gasteiger partial charge in [-0.3, -0.25) is 9.59 Å². The normalized spacial score (nSPS) is 19.7. The summed E-state index contributed by atoms with van der Waals surface area (Å²) in [6.07, 6.45) is 2.31. The first kappa shape index (κ1) is 20.1. The van der Waals surface area contributed by atoms with Crippen LogP contribution in [0.1, 0.15) is 6.42 Å². The molecule has 0 bridgehead atoms. The van der Waals surface area contributed by atoms with Gasteiger partial charge in [0.25, 0.3) is 0 Å². The average Bonchev–Trinajstić information content (AvgIpc) is 3.15. The highest BCUT2D eigenvalue weighted by Crippen LogP contribution is 2.29. The lowest BCUT2D eigenvalue weighted by Crippen LogP contribution is -2.50. The van der Waals surface area contributed by atoms with Crippen molar-refractivity contribution in [3.63, 3.8) is 0 Å². The largest absolute Gasteiger partial charge is 0.367 e. The summed E-state index contributed by atoms with van der Waals surface area (Å²) < 4.78 is 0. The van der Waals surface area contributed by atoms with E-state index in [0.717, 1.165) is 34.4 Å². The van der Waals surface area contributed by atoms with E-state index in [1.165, 1.54) is 0 Å². The first-order chi connectivity index (χ1) is 14.1. The van der Waals surface area contributed by atoms with Crippen LogP contribution in [0, 0.1) is 5.92 Å². The third kappa shape index (κ3) is 4.23. The summed E-state index contributed by atoms with van der Waals surface area (Å²) in [5.74, 6) is -0.162. The van der Waals surface area contributed by atoms with E-state index in [2.05, 4.69) is 4.90 Å². The van der Waals surface area contributed by atoms with Gasteiger partial charge in [0.2, 0.25) is 11.8 Å². The Morgan fingerprint density at radius 2 is 1.72 bits per heavy atom. The predicted molar refractivity (Wildman–Crippen MR) is 119 cm³/mol. The molecule has 0 unspecified atom stereocenters. The van der Waals surface area contributed by atoms with Gasteiger partial charge in [0.15, 0.2) is 0 Å². The predicted octanol–water partition coefficient (Wildman–Crippen LogP) is 3.76. The van der Waals surface area contributed by atoms with Crippen LogP contribution in [0.5, 0.6) is 0 Å². The van der Waals surface area contributed by atoms with Gasteiger partial charge in [0.1, 0.15) is 0 Å². The number of thioether (sulfide) groups is 1. The number of carbonyl (C=O) groups excluding carboxylic acids is 2. The molecule has 4 rings (SSSR count). The molecule has 2 aromatic carbocycles. The Bertz CT molecular complexity index is 897. The van der Waals surface area contributed by atoms with Gasteiger partial charge in [0.05, 0.1) is 16.6 Å². The molecule has 7 heteroatoms. The monoisotopic (exact) mass is 429 g/mol. The number of piperazine rings is 1. The molecule has 2 aliphatic heterocycles. The van der Waals surface area contributed by atoms with Crippen LogP contribution < -0.4 is 9.80 Å². The van der Waals surface area contributed by atoms with E-state index in [4.69, 9.17) is 11.6 Å². The third-order valence-corrected chi connectivity index (χ3v) is 6.71. The number of hydrogen-bond acceptors (Lipinski definition) is 4. The molecule has 2 amide bonds. The van der Waals surface area contributed by atoms with Crippen LogP contribution in [0.3, 0.4) is 0 Å². The van der Waals surface area contributed by atoms with Crippen LogP contribution in [0.25, 0.3) is 0 Å². The number of nitrogens with zero attached hydrogens (tertiary/aromatic N) is 3. The molecule has 2 saturated heterocycles. The number of anilines is 2. The fourth-order valence-electron chi connectivity index (χ4n) is 4.02. The van der Waals surface area contributed by atoms with Crippen molar-refractivity contribution < 1.29 is 9.59 Å². The molecule has 2 aliphatic rings. The molecule has 0 aromatic heterocycles. The highest BCUT2D eigenvalue weighted by Gasteiger charge is 2.38. The molecule has 2 heterocycles. The molecule has 29 heavy (non-hydrogen) atoms. The zero-order valence-electron chi connectivity index (χ0n) is 16.4. The molecule has 0 N–H and O–H groups in total. The Morgan fingerprint density at radius 3 is 2.38 bits per heavy atom. The Hall–Kier alpha value is -2.18. The second-order valence-corrected chi connectivity index (χ2v) is 8.65. The van der Waals surface area contributed by atoms with E-state index in [1.807, 2.05) is 59.7 Å². The Kier molecular flexibility index (Phi) is 6.01. The molecule has 0 radical (unpaired) electrons. The van der Waals surface area contributed by atoms with Gasteiger partial charge >= 0.3 is 0 Å². The molecule has 0 aliphatic carbocycles. The number of hydrogen-bond donors (Lipinski definition) is 0. The van der Waals surface area contributed by atoms with Crippen molar-refractivity contribution in [2.75, 3.05) is 48.8 Å². The first-order valence-electron chi connectivity index (χ1n) is 9.79. The van der Waals surface area contributed by atoms with E-state index in [1.54, 1.807) is 16.7 Å². The van der Waals surface area contributed by atoms with Crippen molar-refractivity contribution in [3.05, 3.63) is 53.6 Å². The lowest BCUT2D eigenvalue weighted by molar-refractivity contribution is -0.136. The molecular formula is C22H24ClN3O2S. The van der Waals surface area contributed by atoms with Crippen molar-refractivity contribution >= 4 is 46.6 Å². The lowest BCUT2D eigenvalue weighted by atomic mass is 10.1. The van der Waals surface area contributed by atoms with E-state index < -0.39 is 0 Å². The minimum Gasteiger partial charge on any atom is -0.367 e. The summed E-state index contributed by atoms with van der Waals surface area (Å²) in [6, 6.07) is 15.7. The maximum absolute atomic E-state index is 13.0. The molecule has 1 atom stereocenters. The van der Waals surface area contributed by atoms with E-state index in [-0.39, 0.29) is 24.2 Å². The van der Waals surface area contributed by atoms with Crippen molar-refractivity contribution in [3.8, 4) is 0 Å². The molecular weight excluding hydrogens is 406 g/mol. The van der Waals surface area contributed by atoms with Gasteiger partial charge in [-0.15, -0.1) is 11.8 Å². The molecule has 0 spiro atoms. The SMILES string of the molecule is CSc1ccc(N2C[C@H](C(=O)N3CCN(c4ccccc4Cl)CC3)CC2=O)cc1. The summed E-state index contributed by atoms with van der Waals surface area (Å²) in [7, 11) is 0. The van der Waals surface area contributed by atoms with Crippen molar-refractivity contribution in [2.45, 2.75) is 11.3 Å². The Balaban J connectivity index is 1.37. The second-order valence-electron chi connectivity index (χ2n) is 7.37. The topological polar surface area (TPSA) is 43.9 Å². The number of amides is 2. The van der Waals surface area contributed by atoms with Gasteiger partial charge in [-0.1, -0.05) is 23.7 Å². The first-order valence-corrected chi connectivity index (χ1v) is 11.4. The zero-order valence-corrected chi connectivity index (χ0v) is 18.0. The zero-order chi connectivity index (χ0) is 20.4. The minimum absolute atomic E-state index is 0.0231. The average molecular weight is 430 g/mol. The van der Waals surface area contributed by atoms with Crippen molar-refractivity contribution in [2.24, 2.45) is 5.92 Å². The fourth-order valence-corrected chi connectivity index (χ4v) is 4.68. The van der Waals surface area contributed by atoms with Gasteiger partial charge in [-0.25, -0.2) is 0 Å². The molecule has 2 aromatic rings. The van der Waals surface area contributed by atoms with Crippen LogP contribution >= 0.6 is 23.4 Å². The summed E-state index contributed by atoms with van der Waals surface area (Å²) in [4.78, 5) is 32.6. The summed E-state index contributed by atoms with van der Waals surface area (Å²) in [5, 5.41) is 0.733. The molecule has 5 nitrogen and oxygen atoms in total. The summed E-state index contributed by atoms with van der Waals surface area (Å²) in [6.45, 7) is 3.25. The number of carbonyl (C=O) groups is 2. The van der Waals surface area contributed by atoms with Crippen LogP contribution in [0.4, 0.5) is 11.4 Å². The smallest absolute Gasteiger partial charge is 0.228 e. The van der Waals surface area contributed by atoms with Crippen molar-refractivity contribution in [1.29, 1.82) is 0 Å². The van der Waals surface area contributed by atoms with E-state index in [9.17, 15) is 9.59 Å². The number of rotatable bonds is 4.